The first-order valence-electron chi connectivity index (χ1n) is 8.90. The van der Waals surface area contributed by atoms with E-state index in [9.17, 15) is 22.8 Å². The molecule has 1 aromatic rings. The summed E-state index contributed by atoms with van der Waals surface area (Å²) in [6.45, 7) is 1.58. The van der Waals surface area contributed by atoms with E-state index >= 15 is 0 Å². The lowest BCUT2D eigenvalue weighted by atomic mass is 10.1. The average molecular weight is 422 g/mol. The van der Waals surface area contributed by atoms with Gasteiger partial charge in [0.05, 0.1) is 11.7 Å². The van der Waals surface area contributed by atoms with Gasteiger partial charge in [-0.1, -0.05) is 6.07 Å². The number of halogens is 4. The fourth-order valence-electron chi connectivity index (χ4n) is 3.41. The minimum atomic E-state index is -4.50. The highest BCUT2D eigenvalue weighted by Gasteiger charge is 2.35. The number of hydrogen-bond donors (Lipinski definition) is 1. The molecule has 2 aliphatic rings. The molecular weight excluding hydrogens is 399 g/mol. The minimum absolute atomic E-state index is 0. The summed E-state index contributed by atoms with van der Waals surface area (Å²) in [5.41, 5.74) is 4.70. The van der Waals surface area contributed by atoms with Gasteiger partial charge in [-0.2, -0.15) is 13.2 Å². The van der Waals surface area contributed by atoms with Crippen LogP contribution in [0.3, 0.4) is 0 Å². The van der Waals surface area contributed by atoms with Crippen LogP contribution in [0.25, 0.3) is 0 Å². The highest BCUT2D eigenvalue weighted by atomic mass is 35.5. The van der Waals surface area contributed by atoms with Crippen LogP contribution in [0.1, 0.15) is 28.8 Å². The highest BCUT2D eigenvalue weighted by molar-refractivity contribution is 5.94. The quantitative estimate of drug-likeness (QED) is 0.809. The van der Waals surface area contributed by atoms with Crippen LogP contribution >= 0.6 is 12.4 Å². The Morgan fingerprint density at radius 2 is 1.75 bits per heavy atom. The van der Waals surface area contributed by atoms with Gasteiger partial charge in [-0.05, 0) is 31.0 Å². The second-order valence-electron chi connectivity index (χ2n) is 6.76. The van der Waals surface area contributed by atoms with E-state index in [0.29, 0.717) is 26.1 Å². The molecule has 0 aromatic heterocycles. The maximum Gasteiger partial charge on any atom is 0.416 e. The Morgan fingerprint density at radius 3 is 2.32 bits per heavy atom. The number of benzene rings is 1. The molecule has 0 spiro atoms. The zero-order valence-corrected chi connectivity index (χ0v) is 16.0. The Morgan fingerprint density at radius 1 is 1.11 bits per heavy atom. The summed E-state index contributed by atoms with van der Waals surface area (Å²) in [5.74, 6) is -0.578. The van der Waals surface area contributed by atoms with E-state index in [1.807, 2.05) is 0 Å². The molecule has 2 saturated heterocycles. The predicted octanol–water partition coefficient (Wildman–Crippen LogP) is 1.92. The van der Waals surface area contributed by atoms with E-state index in [1.165, 1.54) is 17.0 Å². The summed E-state index contributed by atoms with van der Waals surface area (Å²) in [6.07, 6.45) is -3.71. The van der Waals surface area contributed by atoms with E-state index in [2.05, 4.69) is 0 Å². The van der Waals surface area contributed by atoms with Crippen molar-refractivity contribution < 1.29 is 27.5 Å². The zero-order valence-electron chi connectivity index (χ0n) is 15.2. The van der Waals surface area contributed by atoms with Crippen LogP contribution in [0, 0.1) is 0 Å². The number of nitrogens with zero attached hydrogens (tertiary/aromatic N) is 2. The molecule has 6 nitrogen and oxygen atoms in total. The van der Waals surface area contributed by atoms with E-state index in [4.69, 9.17) is 10.5 Å². The maximum absolute atomic E-state index is 12.8. The molecule has 2 amide bonds. The van der Waals surface area contributed by atoms with Crippen molar-refractivity contribution in [2.24, 2.45) is 5.73 Å². The number of amides is 2. The third-order valence-electron chi connectivity index (χ3n) is 4.96. The van der Waals surface area contributed by atoms with E-state index < -0.39 is 23.8 Å². The Balaban J connectivity index is 0.00000280. The van der Waals surface area contributed by atoms with Crippen molar-refractivity contribution in [3.05, 3.63) is 35.4 Å². The van der Waals surface area contributed by atoms with Gasteiger partial charge in [0.1, 0.15) is 6.10 Å². The van der Waals surface area contributed by atoms with Gasteiger partial charge in [-0.15, -0.1) is 12.4 Å². The summed E-state index contributed by atoms with van der Waals surface area (Å²) >= 11 is 0. The van der Waals surface area contributed by atoms with E-state index in [-0.39, 0.29) is 43.1 Å². The number of carbonyl (C=O) groups excluding carboxylic acids is 2. The molecule has 0 radical (unpaired) electrons. The molecule has 10 heteroatoms. The molecule has 2 heterocycles. The molecule has 3 rings (SSSR count). The van der Waals surface area contributed by atoms with Crippen LogP contribution in [0.2, 0.25) is 0 Å². The first-order valence-corrected chi connectivity index (χ1v) is 8.90. The van der Waals surface area contributed by atoms with Gasteiger partial charge >= 0.3 is 6.18 Å². The molecule has 2 N–H and O–H groups in total. The van der Waals surface area contributed by atoms with Crippen molar-refractivity contribution in [3.8, 4) is 0 Å². The van der Waals surface area contributed by atoms with Gasteiger partial charge in [0.2, 0.25) is 0 Å². The monoisotopic (exact) mass is 421 g/mol. The third kappa shape index (κ3) is 4.95. The molecule has 0 bridgehead atoms. The van der Waals surface area contributed by atoms with Crippen molar-refractivity contribution in [1.82, 2.24) is 9.80 Å². The predicted molar refractivity (Wildman–Crippen MR) is 98.1 cm³/mol. The molecule has 0 unspecified atom stereocenters. The molecule has 2 atom stereocenters. The minimum Gasteiger partial charge on any atom is -0.364 e. The Labute approximate surface area is 167 Å². The van der Waals surface area contributed by atoms with Crippen LogP contribution < -0.4 is 5.73 Å². The second-order valence-corrected chi connectivity index (χ2v) is 6.76. The smallest absolute Gasteiger partial charge is 0.364 e. The van der Waals surface area contributed by atoms with Gasteiger partial charge in [-0.25, -0.2) is 0 Å². The van der Waals surface area contributed by atoms with Crippen LogP contribution in [0.5, 0.6) is 0 Å². The first-order chi connectivity index (χ1) is 12.8. The van der Waals surface area contributed by atoms with Crippen molar-refractivity contribution >= 4 is 24.2 Å². The third-order valence-corrected chi connectivity index (χ3v) is 4.96. The molecule has 156 valence electrons. The molecule has 0 aliphatic carbocycles. The van der Waals surface area contributed by atoms with E-state index in [0.717, 1.165) is 18.6 Å². The average Bonchev–Trinajstić information content (AvgIpc) is 3.16. The second kappa shape index (κ2) is 9.11. The maximum atomic E-state index is 12.8. The Hall–Kier alpha value is -1.84. The number of nitrogens with two attached hydrogens (primary N) is 1. The lowest BCUT2D eigenvalue weighted by Crippen LogP contribution is -2.53. The lowest BCUT2D eigenvalue weighted by molar-refractivity contribution is -0.144. The number of ether oxygens (including phenoxy) is 1. The van der Waals surface area contributed by atoms with Gasteiger partial charge in [-0.3, -0.25) is 9.59 Å². The first kappa shape index (κ1) is 22.4. The molecule has 2 fully saturated rings. The van der Waals surface area contributed by atoms with Gasteiger partial charge < -0.3 is 20.3 Å². The van der Waals surface area contributed by atoms with Crippen LogP contribution in [0.4, 0.5) is 13.2 Å². The van der Waals surface area contributed by atoms with Gasteiger partial charge in [0.15, 0.2) is 0 Å². The lowest BCUT2D eigenvalue weighted by Gasteiger charge is -2.36. The van der Waals surface area contributed by atoms with Crippen molar-refractivity contribution in [2.75, 3.05) is 32.7 Å². The molecular formula is C18H23ClF3N3O3. The van der Waals surface area contributed by atoms with Gasteiger partial charge in [0.25, 0.3) is 11.8 Å². The number of piperazine rings is 1. The fourth-order valence-corrected chi connectivity index (χ4v) is 3.41. The van der Waals surface area contributed by atoms with Crippen LogP contribution in [-0.4, -0.2) is 66.5 Å². The standard InChI is InChI=1S/C18H22F3N3O3.ClH/c19-18(20,21)13-3-1-2-12(10-13)16(25)23-6-8-24(9-7-23)17(26)15-5-4-14(11-22)27-15;/h1-3,10,14-15H,4-9,11,22H2;1H/t14-,15+;/m1./s1. The number of rotatable bonds is 3. The normalized spacial score (nSPS) is 22.7. The topological polar surface area (TPSA) is 75.9 Å². The highest BCUT2D eigenvalue weighted by Crippen LogP contribution is 2.30. The van der Waals surface area contributed by atoms with Crippen molar-refractivity contribution in [1.29, 1.82) is 0 Å². The Kier molecular flexibility index (Phi) is 7.30. The fraction of sp³-hybridized carbons (Fsp3) is 0.556. The van der Waals surface area contributed by atoms with Crippen molar-refractivity contribution in [3.63, 3.8) is 0 Å². The summed E-state index contributed by atoms with van der Waals surface area (Å²) in [6, 6.07) is 4.39. The molecule has 28 heavy (non-hydrogen) atoms. The summed E-state index contributed by atoms with van der Waals surface area (Å²) in [4.78, 5) is 28.1. The SMILES string of the molecule is Cl.NC[C@H]1CC[C@@H](C(=O)N2CCN(C(=O)c3cccc(C(F)(F)F)c3)CC2)O1. The largest absolute Gasteiger partial charge is 0.416 e. The molecule has 0 saturated carbocycles. The Bertz CT molecular complexity index is 709. The van der Waals surface area contributed by atoms with Crippen LogP contribution in [-0.2, 0) is 15.7 Å². The van der Waals surface area contributed by atoms with Crippen molar-refractivity contribution in [2.45, 2.75) is 31.2 Å². The number of carbonyl (C=O) groups is 2. The summed E-state index contributed by atoms with van der Waals surface area (Å²) in [7, 11) is 0. The number of alkyl halides is 3. The number of hydrogen-bond acceptors (Lipinski definition) is 4. The summed E-state index contributed by atoms with van der Waals surface area (Å²) < 4.78 is 44.1. The molecule has 1 aromatic carbocycles. The molecule has 2 aliphatic heterocycles. The zero-order chi connectivity index (χ0) is 19.6. The van der Waals surface area contributed by atoms with E-state index in [1.54, 1.807) is 4.90 Å². The van der Waals surface area contributed by atoms with Crippen LogP contribution in [0.15, 0.2) is 24.3 Å². The summed E-state index contributed by atoms with van der Waals surface area (Å²) in [5, 5.41) is 0. The van der Waals surface area contributed by atoms with Gasteiger partial charge in [0, 0.05) is 38.3 Å².